The summed E-state index contributed by atoms with van der Waals surface area (Å²) < 4.78 is 0. The number of nitrogens with two attached hydrogens (primary N) is 1. The average molecular weight is 284 g/mol. The fourth-order valence-electron chi connectivity index (χ4n) is 3.04. The Hall–Kier alpha value is -1.65. The maximum Gasteiger partial charge on any atom is 0.129 e. The van der Waals surface area contributed by atoms with Crippen LogP contribution in [0.3, 0.4) is 0 Å². The van der Waals surface area contributed by atoms with Gasteiger partial charge in [-0.15, -0.1) is 0 Å². The smallest absolute Gasteiger partial charge is 0.129 e. The Bertz CT molecular complexity index is 603. The molecule has 1 fully saturated rings. The van der Waals surface area contributed by atoms with Crippen LogP contribution < -0.4 is 10.6 Å². The lowest BCUT2D eigenvalue weighted by molar-refractivity contribution is 0.264. The molecule has 0 amide bonds. The molecule has 0 spiro atoms. The highest BCUT2D eigenvalue weighted by atomic mass is 15.3. The molecule has 1 aromatic carbocycles. The zero-order chi connectivity index (χ0) is 14.7. The molecule has 0 bridgehead atoms. The van der Waals surface area contributed by atoms with Gasteiger partial charge in [0, 0.05) is 44.7 Å². The first kappa shape index (κ1) is 14.3. The van der Waals surface area contributed by atoms with Gasteiger partial charge in [0.1, 0.15) is 5.82 Å². The van der Waals surface area contributed by atoms with Gasteiger partial charge in [-0.05, 0) is 24.1 Å². The minimum Gasteiger partial charge on any atom is -0.354 e. The van der Waals surface area contributed by atoms with E-state index in [1.807, 2.05) is 0 Å². The molecule has 2 heterocycles. The summed E-state index contributed by atoms with van der Waals surface area (Å²) in [6.07, 6.45) is 1.03. The third-order valence-electron chi connectivity index (χ3n) is 4.31. The highest BCUT2D eigenvalue weighted by molar-refractivity contribution is 5.83. The van der Waals surface area contributed by atoms with Gasteiger partial charge in [0.05, 0.1) is 5.52 Å². The monoisotopic (exact) mass is 284 g/mol. The molecular formula is C17H24N4. The summed E-state index contributed by atoms with van der Waals surface area (Å²) in [5.41, 5.74) is 8.12. The first-order chi connectivity index (χ1) is 10.3. The van der Waals surface area contributed by atoms with Crippen LogP contribution in [0.5, 0.6) is 0 Å². The van der Waals surface area contributed by atoms with Crippen LogP contribution in [0.1, 0.15) is 12.5 Å². The Morgan fingerprint density at radius 1 is 1.10 bits per heavy atom. The summed E-state index contributed by atoms with van der Waals surface area (Å²) in [4.78, 5) is 9.74. The summed E-state index contributed by atoms with van der Waals surface area (Å²) in [5, 5.41) is 1.24. The van der Waals surface area contributed by atoms with Gasteiger partial charge in [-0.3, -0.25) is 4.90 Å². The van der Waals surface area contributed by atoms with Crippen molar-refractivity contribution in [1.29, 1.82) is 0 Å². The standard InChI is InChI=1S/C17H24N4/c1-2-14-4-3-5-15-6-7-16(19-17(14)15)21-12-10-20(9-8-18)11-13-21/h3-7H,2,8-13,18H2,1H3. The van der Waals surface area contributed by atoms with Crippen LogP contribution in [0.25, 0.3) is 10.9 Å². The number of anilines is 1. The predicted molar refractivity (Wildman–Crippen MR) is 88.8 cm³/mol. The first-order valence-electron chi connectivity index (χ1n) is 7.88. The molecule has 2 N–H and O–H groups in total. The van der Waals surface area contributed by atoms with Crippen LogP contribution in [0.4, 0.5) is 5.82 Å². The van der Waals surface area contributed by atoms with Crippen molar-refractivity contribution >= 4 is 16.7 Å². The number of benzene rings is 1. The van der Waals surface area contributed by atoms with Crippen LogP contribution in [-0.4, -0.2) is 49.2 Å². The van der Waals surface area contributed by atoms with Gasteiger partial charge >= 0.3 is 0 Å². The maximum absolute atomic E-state index is 5.63. The molecular weight excluding hydrogens is 260 g/mol. The molecule has 3 rings (SSSR count). The second kappa shape index (κ2) is 6.41. The van der Waals surface area contributed by atoms with Crippen molar-refractivity contribution in [3.63, 3.8) is 0 Å². The number of piperazine rings is 1. The van der Waals surface area contributed by atoms with Gasteiger partial charge < -0.3 is 10.6 Å². The number of nitrogens with zero attached hydrogens (tertiary/aromatic N) is 3. The summed E-state index contributed by atoms with van der Waals surface area (Å²) in [6, 6.07) is 10.8. The zero-order valence-electron chi connectivity index (χ0n) is 12.8. The van der Waals surface area contributed by atoms with Crippen LogP contribution in [0.2, 0.25) is 0 Å². The third kappa shape index (κ3) is 3.01. The van der Waals surface area contributed by atoms with Gasteiger partial charge in [0.2, 0.25) is 0 Å². The number of fused-ring (bicyclic) bond motifs is 1. The van der Waals surface area contributed by atoms with E-state index in [-0.39, 0.29) is 0 Å². The topological polar surface area (TPSA) is 45.4 Å². The van der Waals surface area contributed by atoms with E-state index < -0.39 is 0 Å². The molecule has 4 nitrogen and oxygen atoms in total. The van der Waals surface area contributed by atoms with Crippen LogP contribution in [0.15, 0.2) is 30.3 Å². The summed E-state index contributed by atoms with van der Waals surface area (Å²) in [7, 11) is 0. The molecule has 4 heteroatoms. The normalized spacial score (nSPS) is 16.6. The van der Waals surface area contributed by atoms with Gasteiger partial charge in [0.15, 0.2) is 0 Å². The minimum absolute atomic E-state index is 0.744. The number of pyridine rings is 1. The van der Waals surface area contributed by atoms with E-state index >= 15 is 0 Å². The largest absolute Gasteiger partial charge is 0.354 e. The fourth-order valence-corrected chi connectivity index (χ4v) is 3.04. The van der Waals surface area contributed by atoms with E-state index in [9.17, 15) is 0 Å². The molecule has 0 atom stereocenters. The minimum atomic E-state index is 0.744. The van der Waals surface area contributed by atoms with Crippen LogP contribution in [0, 0.1) is 0 Å². The number of aromatic nitrogens is 1. The second-order valence-corrected chi connectivity index (χ2v) is 5.63. The van der Waals surface area contributed by atoms with E-state index in [4.69, 9.17) is 10.7 Å². The Balaban J connectivity index is 1.82. The molecule has 0 aliphatic carbocycles. The molecule has 0 radical (unpaired) electrons. The lowest BCUT2D eigenvalue weighted by Gasteiger charge is -2.35. The van der Waals surface area contributed by atoms with Gasteiger partial charge in [0.25, 0.3) is 0 Å². The molecule has 0 saturated carbocycles. The third-order valence-corrected chi connectivity index (χ3v) is 4.31. The lowest BCUT2D eigenvalue weighted by atomic mass is 10.1. The maximum atomic E-state index is 5.63. The van der Waals surface area contributed by atoms with Crippen LogP contribution in [-0.2, 0) is 6.42 Å². The number of hydrogen-bond donors (Lipinski definition) is 1. The van der Waals surface area contributed by atoms with E-state index in [0.29, 0.717) is 0 Å². The lowest BCUT2D eigenvalue weighted by Crippen LogP contribution is -2.48. The molecule has 1 aliphatic heterocycles. The van der Waals surface area contributed by atoms with E-state index in [0.717, 1.165) is 57.0 Å². The number of para-hydroxylation sites is 1. The number of aryl methyl sites for hydroxylation is 1. The van der Waals surface area contributed by atoms with Crippen molar-refractivity contribution in [3.05, 3.63) is 35.9 Å². The molecule has 1 aliphatic rings. The van der Waals surface area contributed by atoms with Crippen LogP contribution >= 0.6 is 0 Å². The number of rotatable bonds is 4. The number of hydrogen-bond acceptors (Lipinski definition) is 4. The van der Waals surface area contributed by atoms with Crippen molar-refractivity contribution in [3.8, 4) is 0 Å². The highest BCUT2D eigenvalue weighted by Crippen LogP contribution is 2.22. The SMILES string of the molecule is CCc1cccc2ccc(N3CCN(CCN)CC3)nc12. The molecule has 2 aromatic rings. The van der Waals surface area contributed by atoms with Crippen molar-refractivity contribution in [2.75, 3.05) is 44.2 Å². The van der Waals surface area contributed by atoms with E-state index in [1.54, 1.807) is 0 Å². The highest BCUT2D eigenvalue weighted by Gasteiger charge is 2.17. The van der Waals surface area contributed by atoms with Crippen molar-refractivity contribution in [1.82, 2.24) is 9.88 Å². The zero-order valence-corrected chi connectivity index (χ0v) is 12.8. The summed E-state index contributed by atoms with van der Waals surface area (Å²) in [5.74, 6) is 1.11. The molecule has 0 unspecified atom stereocenters. The Kier molecular flexibility index (Phi) is 4.36. The fraction of sp³-hybridized carbons (Fsp3) is 0.471. The average Bonchev–Trinajstić information content (AvgIpc) is 2.55. The van der Waals surface area contributed by atoms with E-state index in [2.05, 4.69) is 47.1 Å². The summed E-state index contributed by atoms with van der Waals surface area (Å²) >= 11 is 0. The summed E-state index contributed by atoms with van der Waals surface area (Å²) in [6.45, 7) is 8.15. The van der Waals surface area contributed by atoms with Crippen molar-refractivity contribution < 1.29 is 0 Å². The van der Waals surface area contributed by atoms with Crippen molar-refractivity contribution in [2.45, 2.75) is 13.3 Å². The van der Waals surface area contributed by atoms with Gasteiger partial charge in [-0.25, -0.2) is 4.98 Å². The van der Waals surface area contributed by atoms with Gasteiger partial charge in [-0.2, -0.15) is 0 Å². The Morgan fingerprint density at radius 2 is 1.90 bits per heavy atom. The predicted octanol–water partition coefficient (Wildman–Crippen LogP) is 1.88. The molecule has 1 saturated heterocycles. The first-order valence-corrected chi connectivity index (χ1v) is 7.88. The second-order valence-electron chi connectivity index (χ2n) is 5.63. The Morgan fingerprint density at radius 3 is 2.62 bits per heavy atom. The van der Waals surface area contributed by atoms with E-state index in [1.165, 1.54) is 10.9 Å². The molecule has 112 valence electrons. The quantitative estimate of drug-likeness (QED) is 0.931. The van der Waals surface area contributed by atoms with Crippen molar-refractivity contribution in [2.24, 2.45) is 5.73 Å². The van der Waals surface area contributed by atoms with Gasteiger partial charge in [-0.1, -0.05) is 25.1 Å². The molecule has 21 heavy (non-hydrogen) atoms. The Labute approximate surface area is 126 Å². The molecule has 1 aromatic heterocycles.